The molecule has 9 heteroatoms. The smallest absolute Gasteiger partial charge is 0.309 e. The van der Waals surface area contributed by atoms with Crippen LogP contribution < -0.4 is 4.72 Å². The van der Waals surface area contributed by atoms with E-state index in [1.807, 2.05) is 13.8 Å². The first-order chi connectivity index (χ1) is 15.6. The van der Waals surface area contributed by atoms with E-state index in [9.17, 15) is 18.0 Å². The quantitative estimate of drug-likeness (QED) is 0.522. The molecule has 0 unspecified atom stereocenters. The second-order valence-corrected chi connectivity index (χ2v) is 9.88. The zero-order valence-electron chi connectivity index (χ0n) is 19.5. The molecule has 33 heavy (non-hydrogen) atoms. The van der Waals surface area contributed by atoms with Crippen LogP contribution in [-0.4, -0.2) is 52.8 Å². The number of cyclic esters (lactones) is 2. The molecule has 0 bridgehead atoms. The third-order valence-corrected chi connectivity index (χ3v) is 6.95. The number of rotatable bonds is 4. The van der Waals surface area contributed by atoms with Crippen LogP contribution in [0.4, 0.5) is 0 Å². The van der Waals surface area contributed by atoms with E-state index < -0.39 is 28.0 Å². The highest BCUT2D eigenvalue weighted by Crippen LogP contribution is 2.16. The number of esters is 2. The van der Waals surface area contributed by atoms with E-state index in [1.54, 1.807) is 43.4 Å². The molecule has 8 nitrogen and oxygen atoms in total. The van der Waals surface area contributed by atoms with Crippen molar-refractivity contribution < 1.29 is 32.2 Å². The van der Waals surface area contributed by atoms with Crippen molar-refractivity contribution in [3.8, 4) is 0 Å². The molecule has 4 atom stereocenters. The van der Waals surface area contributed by atoms with Gasteiger partial charge in [-0.25, -0.2) is 13.1 Å². The maximum Gasteiger partial charge on any atom is 0.309 e. The number of aryl methyl sites for hydroxylation is 1. The van der Waals surface area contributed by atoms with Crippen molar-refractivity contribution >= 4 is 22.0 Å². The van der Waals surface area contributed by atoms with Gasteiger partial charge in [0.25, 0.3) is 0 Å². The van der Waals surface area contributed by atoms with Crippen LogP contribution >= 0.6 is 0 Å². The summed E-state index contributed by atoms with van der Waals surface area (Å²) in [6.07, 6.45) is 6.53. The van der Waals surface area contributed by atoms with Crippen LogP contribution in [0.2, 0.25) is 0 Å². The number of hydrogen-bond donors (Lipinski definition) is 1. The number of sulfonamides is 1. The Morgan fingerprint density at radius 3 is 2.03 bits per heavy atom. The molecule has 0 fully saturated rings. The Hall–Kier alpha value is -2.49. The summed E-state index contributed by atoms with van der Waals surface area (Å²) in [6, 6.07) is 5.75. The van der Waals surface area contributed by atoms with Crippen LogP contribution in [0.25, 0.3) is 0 Å². The predicted molar refractivity (Wildman–Crippen MR) is 124 cm³/mol. The van der Waals surface area contributed by atoms with Gasteiger partial charge in [0, 0.05) is 13.0 Å². The Morgan fingerprint density at radius 2 is 1.45 bits per heavy atom. The molecular weight excluding hydrogens is 446 g/mol. The predicted octanol–water partition coefficient (Wildman–Crippen LogP) is 2.92. The summed E-state index contributed by atoms with van der Waals surface area (Å²) < 4.78 is 44.4. The monoisotopic (exact) mass is 479 g/mol. The molecule has 0 aromatic heterocycles. The fourth-order valence-corrected chi connectivity index (χ4v) is 4.52. The zero-order valence-corrected chi connectivity index (χ0v) is 20.3. The Balaban J connectivity index is 2.20. The van der Waals surface area contributed by atoms with E-state index in [1.165, 1.54) is 19.2 Å². The van der Waals surface area contributed by atoms with Crippen molar-refractivity contribution in [2.45, 2.75) is 50.7 Å². The Bertz CT molecular complexity index is 954. The van der Waals surface area contributed by atoms with Gasteiger partial charge in [0.1, 0.15) is 13.2 Å². The Kier molecular flexibility index (Phi) is 10.3. The van der Waals surface area contributed by atoms with Gasteiger partial charge in [0.2, 0.25) is 10.0 Å². The summed E-state index contributed by atoms with van der Waals surface area (Å²) in [5.74, 6) is -1.33. The molecule has 0 saturated carbocycles. The lowest BCUT2D eigenvalue weighted by molar-refractivity contribution is -0.147. The third-order valence-electron chi connectivity index (χ3n) is 5.44. The highest BCUT2D eigenvalue weighted by Gasteiger charge is 2.25. The van der Waals surface area contributed by atoms with Gasteiger partial charge in [0.15, 0.2) is 0 Å². The van der Waals surface area contributed by atoms with Crippen molar-refractivity contribution in [2.75, 3.05) is 20.3 Å². The summed E-state index contributed by atoms with van der Waals surface area (Å²) in [5, 5.41) is 0. The van der Waals surface area contributed by atoms with Crippen molar-refractivity contribution in [1.82, 2.24) is 4.72 Å². The minimum absolute atomic E-state index is 0.0300. The fourth-order valence-electron chi connectivity index (χ4n) is 3.20. The van der Waals surface area contributed by atoms with E-state index in [0.717, 1.165) is 5.56 Å². The van der Waals surface area contributed by atoms with Crippen molar-refractivity contribution in [3.05, 3.63) is 54.1 Å². The van der Waals surface area contributed by atoms with Gasteiger partial charge in [-0.05, 0) is 25.0 Å². The van der Waals surface area contributed by atoms with Gasteiger partial charge in [-0.1, -0.05) is 55.8 Å². The number of methoxy groups -OCH3 is 1. The van der Waals surface area contributed by atoms with Crippen molar-refractivity contribution in [3.63, 3.8) is 0 Å². The molecule has 1 aliphatic rings. The third kappa shape index (κ3) is 8.75. The topological polar surface area (TPSA) is 108 Å². The van der Waals surface area contributed by atoms with Crippen molar-refractivity contribution in [2.24, 2.45) is 11.8 Å². The molecule has 1 aromatic carbocycles. The van der Waals surface area contributed by atoms with Crippen molar-refractivity contribution in [1.29, 1.82) is 0 Å². The molecule has 1 aliphatic heterocycles. The maximum absolute atomic E-state index is 12.9. The van der Waals surface area contributed by atoms with Crippen LogP contribution in [0.3, 0.4) is 0 Å². The molecule has 0 radical (unpaired) electrons. The highest BCUT2D eigenvalue weighted by molar-refractivity contribution is 7.89. The number of benzene rings is 1. The normalized spacial score (nSPS) is 27.9. The van der Waals surface area contributed by atoms with Gasteiger partial charge in [-0.3, -0.25) is 9.59 Å². The molecule has 182 valence electrons. The first-order valence-electron chi connectivity index (χ1n) is 10.9. The molecule has 0 amide bonds. The van der Waals surface area contributed by atoms with Gasteiger partial charge >= 0.3 is 11.9 Å². The second kappa shape index (κ2) is 12.7. The SMILES string of the molecule is CO[C@H]1COC(=O)C/C=C/[C@H](C)[C@@H](NS(=O)(=O)c2ccc(C)cc2)COC(=O)C/C=C/[C@@H]1C. The van der Waals surface area contributed by atoms with E-state index >= 15 is 0 Å². The highest BCUT2D eigenvalue weighted by atomic mass is 32.2. The van der Waals surface area contributed by atoms with E-state index in [-0.39, 0.29) is 48.9 Å². The average Bonchev–Trinajstić information content (AvgIpc) is 2.76. The minimum Gasteiger partial charge on any atom is -0.464 e. The van der Waals surface area contributed by atoms with Gasteiger partial charge in [-0.2, -0.15) is 0 Å². The number of hydrogen-bond acceptors (Lipinski definition) is 7. The summed E-state index contributed by atoms with van der Waals surface area (Å²) in [5.41, 5.74) is 0.940. The minimum atomic E-state index is -3.84. The summed E-state index contributed by atoms with van der Waals surface area (Å²) >= 11 is 0. The number of carbonyl (C=O) groups is 2. The Morgan fingerprint density at radius 1 is 0.909 bits per heavy atom. The molecule has 2 rings (SSSR count). The number of ether oxygens (including phenoxy) is 3. The van der Waals surface area contributed by atoms with Gasteiger partial charge < -0.3 is 14.2 Å². The van der Waals surface area contributed by atoms with Crippen LogP contribution in [0.5, 0.6) is 0 Å². The Labute approximate surface area is 196 Å². The second-order valence-electron chi connectivity index (χ2n) is 8.16. The lowest BCUT2D eigenvalue weighted by atomic mass is 10.0. The molecule has 0 aliphatic carbocycles. The van der Waals surface area contributed by atoms with Gasteiger partial charge in [0.05, 0.1) is 29.9 Å². The van der Waals surface area contributed by atoms with E-state index in [4.69, 9.17) is 14.2 Å². The molecule has 0 spiro atoms. The molecule has 1 N–H and O–H groups in total. The van der Waals surface area contributed by atoms with E-state index in [2.05, 4.69) is 4.72 Å². The van der Waals surface area contributed by atoms with E-state index in [0.29, 0.717) is 0 Å². The average molecular weight is 480 g/mol. The first kappa shape index (κ1) is 26.8. The zero-order chi connectivity index (χ0) is 24.4. The molecular formula is C24H33NO7S. The summed E-state index contributed by atoms with van der Waals surface area (Å²) in [6.45, 7) is 5.49. The fraction of sp³-hybridized carbons (Fsp3) is 0.500. The van der Waals surface area contributed by atoms with Gasteiger partial charge in [-0.15, -0.1) is 0 Å². The molecule has 1 aromatic rings. The summed E-state index contributed by atoms with van der Waals surface area (Å²) in [4.78, 5) is 24.4. The maximum atomic E-state index is 12.9. The first-order valence-corrected chi connectivity index (χ1v) is 12.4. The molecule has 0 saturated heterocycles. The lowest BCUT2D eigenvalue weighted by Gasteiger charge is -2.23. The van der Waals surface area contributed by atoms with Crippen LogP contribution in [0.1, 0.15) is 32.3 Å². The van der Waals surface area contributed by atoms with Crippen LogP contribution in [0.15, 0.2) is 53.5 Å². The standard InChI is InChI=1S/C24H33NO7S/c1-17-11-13-20(14-12-17)33(28,29)25-21-15-31-23(26)10-6-8-19(3)22(30-4)16-32-24(27)9-5-7-18(21)2/h5-8,11-14,18-19,21-22,25H,9-10,15-16H2,1-4H3/b7-5+,8-6+/t18-,19-,21-,22-/m0/s1. The summed E-state index contributed by atoms with van der Waals surface area (Å²) in [7, 11) is -2.30. The molecule has 1 heterocycles. The largest absolute Gasteiger partial charge is 0.464 e. The number of carbonyl (C=O) groups excluding carboxylic acids is 2. The lowest BCUT2D eigenvalue weighted by Crippen LogP contribution is -2.42. The van der Waals surface area contributed by atoms with Crippen LogP contribution in [-0.2, 0) is 33.8 Å². The van der Waals surface area contributed by atoms with Crippen LogP contribution in [0, 0.1) is 18.8 Å². The number of nitrogens with one attached hydrogen (secondary N) is 1.